The molecule has 0 unspecified atom stereocenters. The van der Waals surface area contributed by atoms with Crippen LogP contribution in [0.2, 0.25) is 0 Å². The molecule has 0 atom stereocenters. The summed E-state index contributed by atoms with van der Waals surface area (Å²) in [7, 11) is 0. The maximum absolute atomic E-state index is 12.2. The van der Waals surface area contributed by atoms with E-state index in [1.165, 1.54) is 22.3 Å². The molecule has 0 radical (unpaired) electrons. The number of rotatable bonds is 2. The van der Waals surface area contributed by atoms with Gasteiger partial charge in [0.2, 0.25) is 0 Å². The Balaban J connectivity index is 1.36. The molecule has 4 aromatic heterocycles. The summed E-state index contributed by atoms with van der Waals surface area (Å²) < 4.78 is 3.42. The molecule has 0 N–H and O–H groups in total. The SMILES string of the molecule is Cc1cc2nccc(=O)n2nc1N1CCc2ncc(N3CCCn4nccc43)cc2C1. The fourth-order valence-corrected chi connectivity index (χ4v) is 4.58. The number of aromatic nitrogens is 6. The Kier molecular flexibility index (Phi) is 4.02. The van der Waals surface area contributed by atoms with E-state index in [1.54, 1.807) is 0 Å². The molecule has 0 spiro atoms. The zero-order valence-corrected chi connectivity index (χ0v) is 17.3. The molecule has 0 aromatic carbocycles. The third kappa shape index (κ3) is 2.96. The predicted octanol–water partition coefficient (Wildman–Crippen LogP) is 2.09. The average molecular weight is 414 g/mol. The van der Waals surface area contributed by atoms with Crippen LogP contribution in [0.25, 0.3) is 5.65 Å². The van der Waals surface area contributed by atoms with Crippen molar-refractivity contribution in [3.05, 3.63) is 70.0 Å². The molecule has 156 valence electrons. The lowest BCUT2D eigenvalue weighted by molar-refractivity contribution is 0.541. The summed E-state index contributed by atoms with van der Waals surface area (Å²) in [6, 6.07) is 7.65. The molecule has 0 aliphatic carbocycles. The van der Waals surface area contributed by atoms with Crippen LogP contribution < -0.4 is 15.4 Å². The molecule has 2 aliphatic heterocycles. The van der Waals surface area contributed by atoms with Gasteiger partial charge in [-0.25, -0.2) is 9.67 Å². The number of hydrogen-bond acceptors (Lipinski definition) is 7. The highest BCUT2D eigenvalue weighted by Gasteiger charge is 2.24. The van der Waals surface area contributed by atoms with Gasteiger partial charge >= 0.3 is 0 Å². The fraction of sp³-hybridized carbons (Fsp3) is 0.318. The lowest BCUT2D eigenvalue weighted by Gasteiger charge is -2.33. The minimum Gasteiger partial charge on any atom is -0.350 e. The molecule has 6 rings (SSSR count). The van der Waals surface area contributed by atoms with E-state index in [2.05, 4.69) is 37.1 Å². The minimum absolute atomic E-state index is 0.172. The predicted molar refractivity (Wildman–Crippen MR) is 117 cm³/mol. The van der Waals surface area contributed by atoms with E-state index < -0.39 is 0 Å². The zero-order chi connectivity index (χ0) is 20.9. The van der Waals surface area contributed by atoms with Gasteiger partial charge in [0.15, 0.2) is 11.5 Å². The lowest BCUT2D eigenvalue weighted by Crippen LogP contribution is -2.34. The van der Waals surface area contributed by atoms with E-state index in [1.807, 2.05) is 30.1 Å². The molecule has 31 heavy (non-hydrogen) atoms. The van der Waals surface area contributed by atoms with Crippen LogP contribution >= 0.6 is 0 Å². The summed E-state index contributed by atoms with van der Waals surface area (Å²) in [4.78, 5) is 25.8. The summed E-state index contributed by atoms with van der Waals surface area (Å²) in [5, 5.41) is 9.05. The largest absolute Gasteiger partial charge is 0.350 e. The monoisotopic (exact) mass is 414 g/mol. The minimum atomic E-state index is -0.172. The molecular weight excluding hydrogens is 392 g/mol. The molecule has 0 saturated heterocycles. The van der Waals surface area contributed by atoms with Gasteiger partial charge in [-0.3, -0.25) is 9.78 Å². The summed E-state index contributed by atoms with van der Waals surface area (Å²) >= 11 is 0. The van der Waals surface area contributed by atoms with Crippen LogP contribution in [-0.4, -0.2) is 42.5 Å². The summed E-state index contributed by atoms with van der Waals surface area (Å²) in [5.41, 5.74) is 4.81. The first-order valence-corrected chi connectivity index (χ1v) is 10.6. The van der Waals surface area contributed by atoms with Crippen LogP contribution in [0.4, 0.5) is 17.3 Å². The van der Waals surface area contributed by atoms with Crippen molar-refractivity contribution in [2.45, 2.75) is 32.9 Å². The number of anilines is 3. The van der Waals surface area contributed by atoms with Crippen molar-refractivity contribution in [2.75, 3.05) is 22.9 Å². The Morgan fingerprint density at radius 3 is 2.90 bits per heavy atom. The molecule has 9 nitrogen and oxygen atoms in total. The number of aryl methyl sites for hydroxylation is 2. The van der Waals surface area contributed by atoms with Gasteiger partial charge in [-0.1, -0.05) is 0 Å². The highest BCUT2D eigenvalue weighted by Crippen LogP contribution is 2.32. The van der Waals surface area contributed by atoms with E-state index in [0.717, 1.165) is 61.1 Å². The van der Waals surface area contributed by atoms with Crippen molar-refractivity contribution >= 4 is 23.0 Å². The molecule has 6 heterocycles. The molecule has 4 aromatic rings. The van der Waals surface area contributed by atoms with Crippen molar-refractivity contribution in [3.8, 4) is 0 Å². The first-order chi connectivity index (χ1) is 15.2. The topological polar surface area (TPSA) is 84.5 Å². The number of fused-ring (bicyclic) bond motifs is 3. The van der Waals surface area contributed by atoms with Crippen LogP contribution in [-0.2, 0) is 19.5 Å². The summed E-state index contributed by atoms with van der Waals surface area (Å²) in [6.07, 6.45) is 7.25. The summed E-state index contributed by atoms with van der Waals surface area (Å²) in [5.74, 6) is 1.93. The quantitative estimate of drug-likeness (QED) is 0.497. The van der Waals surface area contributed by atoms with Gasteiger partial charge in [-0.05, 0) is 36.6 Å². The van der Waals surface area contributed by atoms with Gasteiger partial charge < -0.3 is 9.80 Å². The standard InChI is InChI=1S/C22H22N8O/c1-15-11-19-23-6-4-21(31)30(19)26-22(15)27-10-5-18-16(14-27)12-17(13-24-18)28-8-2-9-29-20(28)3-7-25-29/h3-4,6-7,11-13H,2,5,8-10,14H2,1H3. The van der Waals surface area contributed by atoms with E-state index in [0.29, 0.717) is 12.2 Å². The van der Waals surface area contributed by atoms with Crippen molar-refractivity contribution in [3.63, 3.8) is 0 Å². The van der Waals surface area contributed by atoms with Crippen LogP contribution in [0.5, 0.6) is 0 Å². The van der Waals surface area contributed by atoms with Gasteiger partial charge in [0.1, 0.15) is 5.82 Å². The maximum atomic E-state index is 12.2. The molecule has 0 fully saturated rings. The Morgan fingerprint density at radius 1 is 1.03 bits per heavy atom. The molecule has 9 heteroatoms. The van der Waals surface area contributed by atoms with Gasteiger partial charge in [-0.15, -0.1) is 5.10 Å². The van der Waals surface area contributed by atoms with Crippen molar-refractivity contribution in [2.24, 2.45) is 0 Å². The second kappa shape index (κ2) is 6.90. The molecule has 2 aliphatic rings. The second-order valence-corrected chi connectivity index (χ2v) is 8.09. The van der Waals surface area contributed by atoms with Crippen molar-refractivity contribution in [1.29, 1.82) is 0 Å². The normalized spacial score (nSPS) is 15.8. The highest BCUT2D eigenvalue weighted by atomic mass is 16.1. The van der Waals surface area contributed by atoms with Crippen molar-refractivity contribution in [1.82, 2.24) is 29.4 Å². The first kappa shape index (κ1) is 18.1. The lowest BCUT2D eigenvalue weighted by atomic mass is 10.0. The smallest absolute Gasteiger partial charge is 0.274 e. The third-order valence-electron chi connectivity index (χ3n) is 6.10. The second-order valence-electron chi connectivity index (χ2n) is 8.09. The molecule has 0 bridgehead atoms. The number of pyridine rings is 1. The van der Waals surface area contributed by atoms with E-state index in [9.17, 15) is 4.79 Å². The van der Waals surface area contributed by atoms with E-state index >= 15 is 0 Å². The average Bonchev–Trinajstić information content (AvgIpc) is 3.27. The number of nitrogens with zero attached hydrogens (tertiary/aromatic N) is 8. The van der Waals surface area contributed by atoms with Crippen LogP contribution in [0, 0.1) is 6.92 Å². The highest BCUT2D eigenvalue weighted by molar-refractivity contribution is 5.62. The summed E-state index contributed by atoms with van der Waals surface area (Å²) in [6.45, 7) is 5.44. The fourth-order valence-electron chi connectivity index (χ4n) is 4.58. The van der Waals surface area contributed by atoms with Crippen LogP contribution in [0.15, 0.2) is 47.7 Å². The Labute approximate surface area is 178 Å². The van der Waals surface area contributed by atoms with Gasteiger partial charge in [0, 0.05) is 56.6 Å². The van der Waals surface area contributed by atoms with Gasteiger partial charge in [0.05, 0.1) is 18.1 Å². The Hall–Kier alpha value is -3.75. The van der Waals surface area contributed by atoms with E-state index in [4.69, 9.17) is 4.98 Å². The first-order valence-electron chi connectivity index (χ1n) is 10.6. The zero-order valence-electron chi connectivity index (χ0n) is 17.3. The maximum Gasteiger partial charge on any atom is 0.274 e. The Bertz CT molecular complexity index is 1360. The van der Waals surface area contributed by atoms with Crippen molar-refractivity contribution < 1.29 is 0 Å². The Morgan fingerprint density at radius 2 is 1.97 bits per heavy atom. The number of hydrogen-bond donors (Lipinski definition) is 0. The van der Waals surface area contributed by atoms with Gasteiger partial charge in [0.25, 0.3) is 5.56 Å². The molecule has 0 saturated carbocycles. The molecule has 0 amide bonds. The van der Waals surface area contributed by atoms with Gasteiger partial charge in [-0.2, -0.15) is 9.61 Å². The van der Waals surface area contributed by atoms with Crippen LogP contribution in [0.3, 0.4) is 0 Å². The van der Waals surface area contributed by atoms with E-state index in [-0.39, 0.29) is 5.56 Å². The van der Waals surface area contributed by atoms with Crippen LogP contribution in [0.1, 0.15) is 23.2 Å². The molecular formula is C22H22N8O. The third-order valence-corrected chi connectivity index (χ3v) is 6.10.